The number of halogens is 2. The monoisotopic (exact) mass is 241 g/mol. The third kappa shape index (κ3) is 3.14. The van der Waals surface area contributed by atoms with Gasteiger partial charge in [0, 0.05) is 11.6 Å². The van der Waals surface area contributed by atoms with Gasteiger partial charge in [-0.05, 0) is 30.4 Å². The van der Waals surface area contributed by atoms with E-state index in [4.69, 9.17) is 4.74 Å². The van der Waals surface area contributed by atoms with Crippen molar-refractivity contribution in [3.63, 3.8) is 0 Å². The highest BCUT2D eigenvalue weighted by molar-refractivity contribution is 5.25. The number of hydrogen-bond acceptors (Lipinski definition) is 2. The minimum absolute atomic E-state index is 0.413. The van der Waals surface area contributed by atoms with E-state index in [9.17, 15) is 8.78 Å². The summed E-state index contributed by atoms with van der Waals surface area (Å²) in [6, 6.07) is 3.61. The SMILES string of the molecule is CC(C)[C@H]1C[C@@H]1c1ccc(OCC(F)F)cn1. The minimum atomic E-state index is -2.44. The molecule has 4 heteroatoms. The highest BCUT2D eigenvalue weighted by atomic mass is 19.3. The molecular weight excluding hydrogens is 224 g/mol. The summed E-state index contributed by atoms with van der Waals surface area (Å²) in [5, 5.41) is 0. The smallest absolute Gasteiger partial charge is 0.272 e. The topological polar surface area (TPSA) is 22.1 Å². The van der Waals surface area contributed by atoms with E-state index in [1.807, 2.05) is 6.07 Å². The van der Waals surface area contributed by atoms with Crippen LogP contribution in [0.25, 0.3) is 0 Å². The van der Waals surface area contributed by atoms with Crippen molar-refractivity contribution in [2.45, 2.75) is 32.6 Å². The highest BCUT2D eigenvalue weighted by Gasteiger charge is 2.41. The molecule has 0 radical (unpaired) electrons. The Morgan fingerprint density at radius 2 is 2.18 bits per heavy atom. The number of ether oxygens (including phenoxy) is 1. The lowest BCUT2D eigenvalue weighted by Gasteiger charge is -2.06. The van der Waals surface area contributed by atoms with Gasteiger partial charge in [0.05, 0.1) is 6.20 Å². The van der Waals surface area contributed by atoms with Crippen LogP contribution in [-0.2, 0) is 0 Å². The summed E-state index contributed by atoms with van der Waals surface area (Å²) >= 11 is 0. The van der Waals surface area contributed by atoms with E-state index < -0.39 is 13.0 Å². The molecule has 1 aliphatic rings. The van der Waals surface area contributed by atoms with Crippen LogP contribution in [0.2, 0.25) is 0 Å². The van der Waals surface area contributed by atoms with Gasteiger partial charge in [0.1, 0.15) is 12.4 Å². The van der Waals surface area contributed by atoms with E-state index in [2.05, 4.69) is 18.8 Å². The molecule has 17 heavy (non-hydrogen) atoms. The Bertz CT molecular complexity index is 364. The molecule has 0 unspecified atom stereocenters. The average Bonchev–Trinajstić information content (AvgIpc) is 3.07. The first kappa shape index (κ1) is 12.3. The normalized spacial score (nSPS) is 23.2. The predicted octanol–water partition coefficient (Wildman–Crippen LogP) is 3.49. The van der Waals surface area contributed by atoms with Gasteiger partial charge in [-0.1, -0.05) is 13.8 Å². The largest absolute Gasteiger partial charge is 0.486 e. The maximum atomic E-state index is 11.9. The van der Waals surface area contributed by atoms with Gasteiger partial charge in [0.25, 0.3) is 6.43 Å². The van der Waals surface area contributed by atoms with E-state index in [1.165, 1.54) is 12.6 Å². The summed E-state index contributed by atoms with van der Waals surface area (Å²) in [6.45, 7) is 3.86. The summed E-state index contributed by atoms with van der Waals surface area (Å²) in [5.74, 6) is 2.35. The lowest BCUT2D eigenvalue weighted by molar-refractivity contribution is 0.0817. The molecule has 2 rings (SSSR count). The van der Waals surface area contributed by atoms with Crippen molar-refractivity contribution < 1.29 is 13.5 Å². The van der Waals surface area contributed by atoms with Gasteiger partial charge < -0.3 is 4.74 Å². The Kier molecular flexibility index (Phi) is 3.60. The van der Waals surface area contributed by atoms with Crippen LogP contribution in [0.3, 0.4) is 0 Å². The Labute approximate surface area is 100 Å². The molecule has 1 saturated carbocycles. The summed E-state index contributed by atoms with van der Waals surface area (Å²) in [6.07, 6.45) is 0.276. The van der Waals surface area contributed by atoms with Crippen LogP contribution in [0.1, 0.15) is 31.9 Å². The lowest BCUT2D eigenvalue weighted by atomic mass is 10.1. The fraction of sp³-hybridized carbons (Fsp3) is 0.615. The van der Waals surface area contributed by atoms with Gasteiger partial charge >= 0.3 is 0 Å². The van der Waals surface area contributed by atoms with Crippen molar-refractivity contribution in [2.75, 3.05) is 6.61 Å². The van der Waals surface area contributed by atoms with Gasteiger partial charge in [-0.15, -0.1) is 0 Å². The standard InChI is InChI=1S/C13H17F2NO/c1-8(2)10-5-11(10)12-4-3-9(6-16-12)17-7-13(14)15/h3-4,6,8,10-11,13H,5,7H2,1-2H3/t10-,11+/m1/s1. The second kappa shape index (κ2) is 4.98. The van der Waals surface area contributed by atoms with E-state index in [0.717, 1.165) is 11.6 Å². The van der Waals surface area contributed by atoms with Crippen molar-refractivity contribution in [3.05, 3.63) is 24.0 Å². The number of aromatic nitrogens is 1. The fourth-order valence-corrected chi connectivity index (χ4v) is 2.15. The van der Waals surface area contributed by atoms with Crippen LogP contribution in [0, 0.1) is 11.8 Å². The lowest BCUT2D eigenvalue weighted by Crippen LogP contribution is -2.07. The number of alkyl halides is 2. The van der Waals surface area contributed by atoms with Gasteiger partial charge in [-0.3, -0.25) is 4.98 Å². The molecular formula is C13H17F2NO. The zero-order valence-corrected chi connectivity index (χ0v) is 10.1. The Hall–Kier alpha value is -1.19. The molecule has 2 atom stereocenters. The second-order valence-corrected chi connectivity index (χ2v) is 4.87. The third-order valence-corrected chi connectivity index (χ3v) is 3.21. The van der Waals surface area contributed by atoms with Crippen LogP contribution in [-0.4, -0.2) is 18.0 Å². The average molecular weight is 241 g/mol. The first-order valence-corrected chi connectivity index (χ1v) is 5.95. The van der Waals surface area contributed by atoms with Crippen molar-refractivity contribution in [1.29, 1.82) is 0 Å². The zero-order valence-electron chi connectivity index (χ0n) is 10.1. The van der Waals surface area contributed by atoms with Gasteiger partial charge in [-0.2, -0.15) is 0 Å². The molecule has 0 N–H and O–H groups in total. The second-order valence-electron chi connectivity index (χ2n) is 4.87. The number of rotatable bonds is 5. The Morgan fingerprint density at radius 3 is 2.65 bits per heavy atom. The van der Waals surface area contributed by atoms with E-state index in [1.54, 1.807) is 6.07 Å². The van der Waals surface area contributed by atoms with Crippen molar-refractivity contribution in [3.8, 4) is 5.75 Å². The van der Waals surface area contributed by atoms with Crippen LogP contribution >= 0.6 is 0 Å². The molecule has 0 aliphatic heterocycles. The molecule has 1 aromatic heterocycles. The third-order valence-electron chi connectivity index (χ3n) is 3.21. The van der Waals surface area contributed by atoms with Crippen LogP contribution in [0.5, 0.6) is 5.75 Å². The zero-order chi connectivity index (χ0) is 12.4. The number of pyridine rings is 1. The Morgan fingerprint density at radius 1 is 1.41 bits per heavy atom. The van der Waals surface area contributed by atoms with Gasteiger partial charge in [-0.25, -0.2) is 8.78 Å². The quantitative estimate of drug-likeness (QED) is 0.787. The maximum absolute atomic E-state index is 11.9. The van der Waals surface area contributed by atoms with E-state index in [-0.39, 0.29) is 0 Å². The van der Waals surface area contributed by atoms with Crippen LogP contribution in [0.4, 0.5) is 8.78 Å². The van der Waals surface area contributed by atoms with Crippen LogP contribution < -0.4 is 4.74 Å². The summed E-state index contributed by atoms with van der Waals surface area (Å²) in [5.41, 5.74) is 1.05. The first-order chi connectivity index (χ1) is 8.08. The van der Waals surface area contributed by atoms with Crippen molar-refractivity contribution >= 4 is 0 Å². The summed E-state index contributed by atoms with van der Waals surface area (Å²) in [7, 11) is 0. The van der Waals surface area contributed by atoms with Crippen molar-refractivity contribution in [2.24, 2.45) is 11.8 Å². The first-order valence-electron chi connectivity index (χ1n) is 5.95. The highest BCUT2D eigenvalue weighted by Crippen LogP contribution is 2.51. The molecule has 0 aromatic carbocycles. The number of hydrogen-bond donors (Lipinski definition) is 0. The van der Waals surface area contributed by atoms with Crippen LogP contribution in [0.15, 0.2) is 18.3 Å². The number of nitrogens with zero attached hydrogens (tertiary/aromatic N) is 1. The molecule has 2 nitrogen and oxygen atoms in total. The molecule has 0 amide bonds. The predicted molar refractivity (Wildman–Crippen MR) is 61.4 cm³/mol. The molecule has 1 fully saturated rings. The molecule has 1 heterocycles. The fourth-order valence-electron chi connectivity index (χ4n) is 2.15. The minimum Gasteiger partial charge on any atom is -0.486 e. The molecule has 94 valence electrons. The summed E-state index contributed by atoms with van der Waals surface area (Å²) < 4.78 is 28.7. The molecule has 0 bridgehead atoms. The molecule has 0 saturated heterocycles. The van der Waals surface area contributed by atoms with E-state index >= 15 is 0 Å². The Balaban J connectivity index is 1.90. The van der Waals surface area contributed by atoms with Crippen molar-refractivity contribution in [1.82, 2.24) is 4.98 Å². The molecule has 0 spiro atoms. The molecule has 1 aromatic rings. The molecule has 1 aliphatic carbocycles. The van der Waals surface area contributed by atoms with Gasteiger partial charge in [0.15, 0.2) is 0 Å². The maximum Gasteiger partial charge on any atom is 0.272 e. The van der Waals surface area contributed by atoms with E-state index in [0.29, 0.717) is 17.6 Å². The summed E-state index contributed by atoms with van der Waals surface area (Å²) in [4.78, 5) is 4.28. The van der Waals surface area contributed by atoms with Gasteiger partial charge in [0.2, 0.25) is 0 Å².